The van der Waals surface area contributed by atoms with Crippen molar-refractivity contribution in [2.45, 2.75) is 49.8 Å². The molecule has 132 valence electrons. The third-order valence-corrected chi connectivity index (χ3v) is 8.18. The Labute approximate surface area is 162 Å². The average Bonchev–Trinajstić information content (AvgIpc) is 3.03. The first-order valence-corrected chi connectivity index (χ1v) is 11.1. The van der Waals surface area contributed by atoms with E-state index in [9.17, 15) is 4.79 Å². The molecule has 3 atom stereocenters. The predicted octanol–water partition coefficient (Wildman–Crippen LogP) is 6.23. The van der Waals surface area contributed by atoms with Gasteiger partial charge in [-0.2, -0.15) is 0 Å². The first-order chi connectivity index (χ1) is 12.0. The van der Waals surface area contributed by atoms with Gasteiger partial charge in [0.25, 0.3) is 5.91 Å². The summed E-state index contributed by atoms with van der Waals surface area (Å²) in [5.74, 6) is 2.23. The molecule has 5 heteroatoms. The Morgan fingerprint density at radius 2 is 2.08 bits per heavy atom. The molecule has 2 heterocycles. The fourth-order valence-corrected chi connectivity index (χ4v) is 6.45. The first-order valence-electron chi connectivity index (χ1n) is 8.89. The van der Waals surface area contributed by atoms with E-state index in [4.69, 9.17) is 11.6 Å². The van der Waals surface area contributed by atoms with E-state index >= 15 is 0 Å². The molecule has 1 aromatic heterocycles. The Hall–Kier alpha value is -0.970. The first kappa shape index (κ1) is 17.4. The van der Waals surface area contributed by atoms with E-state index in [1.807, 2.05) is 12.1 Å². The molecule has 0 spiro atoms. The lowest BCUT2D eigenvalue weighted by molar-refractivity contribution is 0.0895. The number of hydrogen-bond donors (Lipinski definition) is 1. The van der Waals surface area contributed by atoms with Gasteiger partial charge in [-0.1, -0.05) is 44.4 Å². The average molecular weight is 392 g/mol. The normalized spacial score (nSPS) is 25.2. The summed E-state index contributed by atoms with van der Waals surface area (Å²) in [5.41, 5.74) is 2.47. The maximum absolute atomic E-state index is 12.8. The number of thiophene rings is 1. The minimum absolute atomic E-state index is 0.0888. The Morgan fingerprint density at radius 1 is 1.24 bits per heavy atom. The van der Waals surface area contributed by atoms with E-state index in [1.165, 1.54) is 33.7 Å². The molecule has 3 unspecified atom stereocenters. The van der Waals surface area contributed by atoms with Crippen molar-refractivity contribution >= 4 is 40.6 Å². The van der Waals surface area contributed by atoms with Crippen LogP contribution in [-0.2, 0) is 5.75 Å². The van der Waals surface area contributed by atoms with Crippen molar-refractivity contribution < 1.29 is 4.79 Å². The van der Waals surface area contributed by atoms with Crippen molar-refractivity contribution in [2.75, 3.05) is 0 Å². The van der Waals surface area contributed by atoms with Crippen molar-refractivity contribution in [3.8, 4) is 10.4 Å². The minimum atomic E-state index is 0.0888. The van der Waals surface area contributed by atoms with Crippen LogP contribution in [0.25, 0.3) is 10.4 Å². The third-order valence-electron chi connectivity index (χ3n) is 5.63. The van der Waals surface area contributed by atoms with E-state index in [0.717, 1.165) is 22.1 Å². The van der Waals surface area contributed by atoms with Crippen LogP contribution < -0.4 is 5.32 Å². The lowest BCUT2D eigenvalue weighted by atomic mass is 9.78. The molecular formula is C20H22ClNOS2. The molecule has 25 heavy (non-hydrogen) atoms. The highest BCUT2D eigenvalue weighted by atomic mass is 35.5. The Kier molecular flexibility index (Phi) is 4.87. The smallest absolute Gasteiger partial charge is 0.261 e. The van der Waals surface area contributed by atoms with Crippen LogP contribution in [0.2, 0.25) is 5.02 Å². The van der Waals surface area contributed by atoms with Crippen LogP contribution in [0.15, 0.2) is 29.2 Å². The summed E-state index contributed by atoms with van der Waals surface area (Å²) in [6.07, 6.45) is 3.58. The number of halogens is 1. The molecule has 1 N–H and O–H groups in total. The predicted molar refractivity (Wildman–Crippen MR) is 108 cm³/mol. The molecule has 0 radical (unpaired) electrons. The highest BCUT2D eigenvalue weighted by Gasteiger charge is 2.29. The fraction of sp³-hybridized carbons (Fsp3) is 0.450. The molecular weight excluding hydrogens is 370 g/mol. The van der Waals surface area contributed by atoms with Gasteiger partial charge in [0, 0.05) is 32.2 Å². The monoisotopic (exact) mass is 391 g/mol. The van der Waals surface area contributed by atoms with Gasteiger partial charge in [0.05, 0.1) is 4.88 Å². The van der Waals surface area contributed by atoms with Gasteiger partial charge in [0.2, 0.25) is 0 Å². The number of hydrogen-bond acceptors (Lipinski definition) is 3. The molecule has 1 saturated carbocycles. The van der Waals surface area contributed by atoms with Gasteiger partial charge in [0.15, 0.2) is 0 Å². The molecule has 1 fully saturated rings. The Balaban J connectivity index is 1.57. The molecule has 2 nitrogen and oxygen atoms in total. The lowest BCUT2D eigenvalue weighted by Crippen LogP contribution is -2.43. The molecule has 4 rings (SSSR count). The topological polar surface area (TPSA) is 29.1 Å². The van der Waals surface area contributed by atoms with Crippen LogP contribution in [0.1, 0.15) is 48.3 Å². The summed E-state index contributed by atoms with van der Waals surface area (Å²) < 4.78 is 0. The fourth-order valence-electron chi connectivity index (χ4n) is 3.86. The van der Waals surface area contributed by atoms with E-state index in [0.29, 0.717) is 17.9 Å². The molecule has 0 saturated heterocycles. The zero-order valence-electron chi connectivity index (χ0n) is 14.5. The molecule has 2 aromatic rings. The van der Waals surface area contributed by atoms with Crippen LogP contribution in [0.5, 0.6) is 0 Å². The summed E-state index contributed by atoms with van der Waals surface area (Å²) in [7, 11) is 0. The van der Waals surface area contributed by atoms with E-state index in [-0.39, 0.29) is 5.91 Å². The maximum Gasteiger partial charge on any atom is 0.261 e. The van der Waals surface area contributed by atoms with Crippen LogP contribution in [-0.4, -0.2) is 11.9 Å². The van der Waals surface area contributed by atoms with Crippen molar-refractivity contribution in [1.82, 2.24) is 5.32 Å². The van der Waals surface area contributed by atoms with E-state index in [2.05, 4.69) is 31.3 Å². The molecule has 0 bridgehead atoms. The third kappa shape index (κ3) is 3.36. The van der Waals surface area contributed by atoms with Gasteiger partial charge >= 0.3 is 0 Å². The summed E-state index contributed by atoms with van der Waals surface area (Å²) in [6, 6.07) is 8.41. The van der Waals surface area contributed by atoms with Gasteiger partial charge in [-0.15, -0.1) is 23.1 Å². The Morgan fingerprint density at radius 3 is 2.92 bits per heavy atom. The summed E-state index contributed by atoms with van der Waals surface area (Å²) in [6.45, 7) is 4.57. The SMILES string of the molecule is CC1CCCC(NC(=O)c2cc3c(s2)-c2ccc(Cl)cc2SC3)C1C. The second-order valence-electron chi connectivity index (χ2n) is 7.24. The number of amides is 1. The van der Waals surface area contributed by atoms with Crippen molar-refractivity contribution in [2.24, 2.45) is 11.8 Å². The van der Waals surface area contributed by atoms with Crippen LogP contribution in [0.3, 0.4) is 0 Å². The van der Waals surface area contributed by atoms with Gasteiger partial charge in [-0.05, 0) is 42.0 Å². The summed E-state index contributed by atoms with van der Waals surface area (Å²) in [4.78, 5) is 16.1. The number of thioether (sulfide) groups is 1. The standard InChI is InChI=1S/C20H22ClNOS2/c1-11-4-3-5-16(12(11)2)22-20(23)18-8-13-10-24-17-9-14(21)6-7-15(17)19(13)25-18/h6-9,11-12,16H,3-5,10H2,1-2H3,(H,22,23). The second kappa shape index (κ2) is 6.98. The van der Waals surface area contributed by atoms with Gasteiger partial charge in [-0.25, -0.2) is 0 Å². The number of nitrogens with one attached hydrogen (secondary N) is 1. The second-order valence-corrected chi connectivity index (χ2v) is 9.75. The number of rotatable bonds is 2. The molecule has 1 aliphatic heterocycles. The number of fused-ring (bicyclic) bond motifs is 3. The van der Waals surface area contributed by atoms with E-state index in [1.54, 1.807) is 23.1 Å². The lowest BCUT2D eigenvalue weighted by Gasteiger charge is -2.34. The van der Waals surface area contributed by atoms with Crippen LogP contribution in [0.4, 0.5) is 0 Å². The van der Waals surface area contributed by atoms with Crippen LogP contribution in [0, 0.1) is 11.8 Å². The largest absolute Gasteiger partial charge is 0.348 e. The van der Waals surface area contributed by atoms with Crippen molar-refractivity contribution in [3.05, 3.63) is 39.7 Å². The quantitative estimate of drug-likeness (QED) is 0.657. The van der Waals surface area contributed by atoms with Crippen molar-refractivity contribution in [3.63, 3.8) is 0 Å². The summed E-state index contributed by atoms with van der Waals surface area (Å²) >= 11 is 9.53. The zero-order valence-corrected chi connectivity index (χ0v) is 16.9. The molecule has 2 aliphatic rings. The number of carbonyl (C=O) groups excluding carboxylic acids is 1. The molecule has 1 aromatic carbocycles. The Bertz CT molecular complexity index is 816. The van der Waals surface area contributed by atoms with E-state index < -0.39 is 0 Å². The van der Waals surface area contributed by atoms with Gasteiger partial charge in [-0.3, -0.25) is 4.79 Å². The maximum atomic E-state index is 12.8. The highest BCUT2D eigenvalue weighted by molar-refractivity contribution is 7.98. The number of benzene rings is 1. The van der Waals surface area contributed by atoms with Crippen molar-refractivity contribution in [1.29, 1.82) is 0 Å². The molecule has 1 amide bonds. The summed E-state index contributed by atoms with van der Waals surface area (Å²) in [5, 5.41) is 4.07. The van der Waals surface area contributed by atoms with Gasteiger partial charge < -0.3 is 5.32 Å². The minimum Gasteiger partial charge on any atom is -0.348 e. The highest BCUT2D eigenvalue weighted by Crippen LogP contribution is 2.46. The zero-order chi connectivity index (χ0) is 17.6. The number of carbonyl (C=O) groups is 1. The van der Waals surface area contributed by atoms with Crippen LogP contribution >= 0.6 is 34.7 Å². The molecule has 1 aliphatic carbocycles. The van der Waals surface area contributed by atoms with Gasteiger partial charge in [0.1, 0.15) is 0 Å².